The molecule has 1 saturated carbocycles. The van der Waals surface area contributed by atoms with Crippen LogP contribution in [-0.2, 0) is 0 Å². The van der Waals surface area contributed by atoms with Crippen LogP contribution in [0.3, 0.4) is 0 Å². The molecule has 0 aromatic heterocycles. The second-order valence-electron chi connectivity index (χ2n) is 2.65. The minimum absolute atomic E-state index is 0.0521. The van der Waals surface area contributed by atoms with Crippen LogP contribution in [0.2, 0.25) is 0 Å². The standard InChI is InChI=1S/C7H13O/c1-6-4-2-3-5-7(6)8/h3,6-8H,2,4-5H2,1H3. The molecule has 1 N–H and O–H groups in total. The Morgan fingerprint density at radius 2 is 2.38 bits per heavy atom. The highest BCUT2D eigenvalue weighted by molar-refractivity contribution is 4.80. The molecule has 0 bridgehead atoms. The zero-order chi connectivity index (χ0) is 5.98. The molecule has 0 saturated heterocycles. The topological polar surface area (TPSA) is 20.2 Å². The minimum atomic E-state index is -0.0521. The van der Waals surface area contributed by atoms with Gasteiger partial charge in [0.1, 0.15) is 0 Å². The lowest BCUT2D eigenvalue weighted by molar-refractivity contribution is 0.0962. The fraction of sp³-hybridized carbons (Fsp3) is 0.857. The Labute approximate surface area is 50.7 Å². The molecule has 1 nitrogen and oxygen atoms in total. The normalized spacial score (nSPS) is 39.8. The number of hydrogen-bond donors (Lipinski definition) is 1. The Bertz CT molecular complexity index is 60.8. The maximum Gasteiger partial charge on any atom is 0.0568 e. The van der Waals surface area contributed by atoms with Gasteiger partial charge in [-0.3, -0.25) is 0 Å². The Morgan fingerprint density at radius 3 is 2.75 bits per heavy atom. The largest absolute Gasteiger partial charge is 0.393 e. The van der Waals surface area contributed by atoms with Crippen molar-refractivity contribution in [3.8, 4) is 0 Å². The molecule has 0 aromatic rings. The average Bonchev–Trinajstić information content (AvgIpc) is 1.77. The summed E-state index contributed by atoms with van der Waals surface area (Å²) >= 11 is 0. The fourth-order valence-electron chi connectivity index (χ4n) is 1.09. The highest BCUT2D eigenvalue weighted by atomic mass is 16.3. The molecular formula is C7H13O. The van der Waals surface area contributed by atoms with E-state index in [0.717, 1.165) is 6.42 Å². The van der Waals surface area contributed by atoms with Gasteiger partial charge < -0.3 is 5.11 Å². The smallest absolute Gasteiger partial charge is 0.0568 e. The zero-order valence-corrected chi connectivity index (χ0v) is 5.30. The van der Waals surface area contributed by atoms with Gasteiger partial charge in [0, 0.05) is 0 Å². The highest BCUT2D eigenvalue weighted by Crippen LogP contribution is 2.22. The number of aliphatic hydroxyl groups excluding tert-OH is 1. The first-order valence-electron chi connectivity index (χ1n) is 3.30. The van der Waals surface area contributed by atoms with Gasteiger partial charge in [-0.15, -0.1) is 0 Å². The van der Waals surface area contributed by atoms with E-state index in [9.17, 15) is 0 Å². The summed E-state index contributed by atoms with van der Waals surface area (Å²) < 4.78 is 0. The Morgan fingerprint density at radius 1 is 1.62 bits per heavy atom. The summed E-state index contributed by atoms with van der Waals surface area (Å²) in [6, 6.07) is 0. The van der Waals surface area contributed by atoms with Crippen LogP contribution >= 0.6 is 0 Å². The third kappa shape index (κ3) is 1.22. The van der Waals surface area contributed by atoms with E-state index in [1.165, 1.54) is 12.8 Å². The number of hydrogen-bond acceptors (Lipinski definition) is 1. The van der Waals surface area contributed by atoms with Gasteiger partial charge in [-0.2, -0.15) is 0 Å². The van der Waals surface area contributed by atoms with Gasteiger partial charge in [-0.05, 0) is 31.6 Å². The van der Waals surface area contributed by atoms with Gasteiger partial charge in [-0.1, -0.05) is 6.92 Å². The molecule has 0 aliphatic heterocycles. The van der Waals surface area contributed by atoms with Crippen molar-refractivity contribution in [1.29, 1.82) is 0 Å². The summed E-state index contributed by atoms with van der Waals surface area (Å²) in [6.07, 6.45) is 5.38. The molecule has 0 heterocycles. The molecule has 47 valence electrons. The molecule has 2 atom stereocenters. The molecule has 0 aromatic carbocycles. The maximum atomic E-state index is 9.15. The SMILES string of the molecule is CC1CC[CH]CC1O. The third-order valence-corrected chi connectivity index (χ3v) is 1.89. The number of aliphatic hydroxyl groups is 1. The zero-order valence-electron chi connectivity index (χ0n) is 5.30. The molecule has 0 spiro atoms. The molecule has 1 rings (SSSR count). The molecule has 1 heteroatoms. The third-order valence-electron chi connectivity index (χ3n) is 1.89. The summed E-state index contributed by atoms with van der Waals surface area (Å²) in [5.74, 6) is 0.528. The molecule has 2 unspecified atom stereocenters. The van der Waals surface area contributed by atoms with Crippen molar-refractivity contribution in [1.82, 2.24) is 0 Å². The van der Waals surface area contributed by atoms with Crippen LogP contribution in [0.4, 0.5) is 0 Å². The summed E-state index contributed by atoms with van der Waals surface area (Å²) in [7, 11) is 0. The van der Waals surface area contributed by atoms with Crippen molar-refractivity contribution < 1.29 is 5.11 Å². The lowest BCUT2D eigenvalue weighted by Crippen LogP contribution is -2.21. The maximum absolute atomic E-state index is 9.15. The number of rotatable bonds is 0. The van der Waals surface area contributed by atoms with Crippen molar-refractivity contribution >= 4 is 0 Å². The van der Waals surface area contributed by atoms with E-state index in [1.54, 1.807) is 0 Å². The van der Waals surface area contributed by atoms with Gasteiger partial charge in [0.25, 0.3) is 0 Å². The molecule has 1 fully saturated rings. The van der Waals surface area contributed by atoms with Crippen LogP contribution in [0.25, 0.3) is 0 Å². The Hall–Kier alpha value is -0.0400. The monoisotopic (exact) mass is 113 g/mol. The first kappa shape index (κ1) is 6.09. The quantitative estimate of drug-likeness (QED) is 0.503. The molecular weight excluding hydrogens is 100 g/mol. The van der Waals surface area contributed by atoms with Crippen molar-refractivity contribution in [3.05, 3.63) is 6.42 Å². The molecule has 1 aliphatic carbocycles. The highest BCUT2D eigenvalue weighted by Gasteiger charge is 2.17. The average molecular weight is 113 g/mol. The molecule has 8 heavy (non-hydrogen) atoms. The first-order chi connectivity index (χ1) is 3.80. The van der Waals surface area contributed by atoms with Crippen molar-refractivity contribution in [3.63, 3.8) is 0 Å². The second kappa shape index (κ2) is 2.49. The van der Waals surface area contributed by atoms with Crippen LogP contribution in [0.15, 0.2) is 0 Å². The van der Waals surface area contributed by atoms with E-state index < -0.39 is 0 Å². The van der Waals surface area contributed by atoms with Crippen molar-refractivity contribution in [2.45, 2.75) is 32.3 Å². The van der Waals surface area contributed by atoms with E-state index in [2.05, 4.69) is 13.3 Å². The van der Waals surface area contributed by atoms with E-state index in [0.29, 0.717) is 5.92 Å². The van der Waals surface area contributed by atoms with E-state index in [-0.39, 0.29) is 6.10 Å². The lowest BCUT2D eigenvalue weighted by Gasteiger charge is -2.23. The fourth-order valence-corrected chi connectivity index (χ4v) is 1.09. The van der Waals surface area contributed by atoms with E-state index in [4.69, 9.17) is 5.11 Å². The van der Waals surface area contributed by atoms with Gasteiger partial charge in [0.2, 0.25) is 0 Å². The van der Waals surface area contributed by atoms with Crippen molar-refractivity contribution in [2.75, 3.05) is 0 Å². The first-order valence-corrected chi connectivity index (χ1v) is 3.30. The van der Waals surface area contributed by atoms with Crippen LogP contribution in [0.5, 0.6) is 0 Å². The van der Waals surface area contributed by atoms with E-state index in [1.807, 2.05) is 0 Å². The van der Waals surface area contributed by atoms with Gasteiger partial charge in [0.15, 0.2) is 0 Å². The second-order valence-corrected chi connectivity index (χ2v) is 2.65. The lowest BCUT2D eigenvalue weighted by atomic mass is 9.88. The minimum Gasteiger partial charge on any atom is -0.393 e. The van der Waals surface area contributed by atoms with Gasteiger partial charge >= 0.3 is 0 Å². The summed E-state index contributed by atoms with van der Waals surface area (Å²) in [4.78, 5) is 0. The van der Waals surface area contributed by atoms with Crippen LogP contribution in [-0.4, -0.2) is 11.2 Å². The van der Waals surface area contributed by atoms with Crippen LogP contribution < -0.4 is 0 Å². The molecule has 0 amide bonds. The summed E-state index contributed by atoms with van der Waals surface area (Å²) in [5, 5.41) is 9.15. The van der Waals surface area contributed by atoms with Crippen molar-refractivity contribution in [2.24, 2.45) is 5.92 Å². The molecule has 1 aliphatic rings. The van der Waals surface area contributed by atoms with Gasteiger partial charge in [-0.25, -0.2) is 0 Å². The van der Waals surface area contributed by atoms with Crippen LogP contribution in [0, 0.1) is 12.3 Å². The Kier molecular flexibility index (Phi) is 1.90. The van der Waals surface area contributed by atoms with Gasteiger partial charge in [0.05, 0.1) is 6.10 Å². The predicted molar refractivity (Wildman–Crippen MR) is 33.3 cm³/mol. The van der Waals surface area contributed by atoms with Crippen LogP contribution in [0.1, 0.15) is 26.2 Å². The summed E-state index contributed by atoms with van der Waals surface area (Å²) in [6.45, 7) is 2.11. The Balaban J connectivity index is 2.28. The van der Waals surface area contributed by atoms with E-state index >= 15 is 0 Å². The summed E-state index contributed by atoms with van der Waals surface area (Å²) in [5.41, 5.74) is 0. The predicted octanol–water partition coefficient (Wildman–Crippen LogP) is 1.37. The molecule has 1 radical (unpaired) electrons.